The van der Waals surface area contributed by atoms with Crippen molar-refractivity contribution in [2.45, 2.75) is 24.3 Å². The summed E-state index contributed by atoms with van der Waals surface area (Å²) in [5.41, 5.74) is 5.75. The Labute approximate surface area is 125 Å². The highest BCUT2D eigenvalue weighted by Crippen LogP contribution is 2.27. The van der Waals surface area contributed by atoms with Crippen molar-refractivity contribution < 1.29 is 14.0 Å². The zero-order valence-corrected chi connectivity index (χ0v) is 12.6. The zero-order valence-electron chi connectivity index (χ0n) is 11.8. The normalized spacial score (nSPS) is 12.1. The van der Waals surface area contributed by atoms with E-state index < -0.39 is 17.2 Å². The van der Waals surface area contributed by atoms with Crippen LogP contribution in [0.5, 0.6) is 0 Å². The van der Waals surface area contributed by atoms with Gasteiger partial charge in [-0.2, -0.15) is 0 Å². The summed E-state index contributed by atoms with van der Waals surface area (Å²) >= 11 is 1.18. The number of furan rings is 1. The molecule has 1 atom stereocenters. The van der Waals surface area contributed by atoms with Gasteiger partial charge in [-0.25, -0.2) is 4.79 Å². The maximum absolute atomic E-state index is 11.7. The summed E-state index contributed by atoms with van der Waals surface area (Å²) in [4.78, 5) is 22.3. The fourth-order valence-corrected chi connectivity index (χ4v) is 2.52. The highest BCUT2D eigenvalue weighted by atomic mass is 32.2. The van der Waals surface area contributed by atoms with E-state index in [1.165, 1.54) is 11.8 Å². The van der Waals surface area contributed by atoms with Gasteiger partial charge in [0, 0.05) is 7.05 Å². The molecule has 112 valence electrons. The maximum Gasteiger partial charge on any atom is 0.318 e. The van der Waals surface area contributed by atoms with Crippen molar-refractivity contribution in [3.8, 4) is 11.4 Å². The number of primary amides is 1. The molecule has 0 aliphatic heterocycles. The molecule has 0 bridgehead atoms. The van der Waals surface area contributed by atoms with Crippen LogP contribution in [-0.4, -0.2) is 32.0 Å². The van der Waals surface area contributed by atoms with Gasteiger partial charge in [0.15, 0.2) is 11.0 Å². The quantitative estimate of drug-likeness (QED) is 0.816. The van der Waals surface area contributed by atoms with Gasteiger partial charge in [-0.1, -0.05) is 11.8 Å². The van der Waals surface area contributed by atoms with Crippen molar-refractivity contribution in [2.24, 2.45) is 12.8 Å². The van der Waals surface area contributed by atoms with E-state index in [2.05, 4.69) is 10.2 Å². The molecule has 0 fully saturated rings. The molecule has 21 heavy (non-hydrogen) atoms. The lowest BCUT2D eigenvalue weighted by atomic mass is 10.2. The summed E-state index contributed by atoms with van der Waals surface area (Å²) in [6.07, 6.45) is 1.58. The number of nitrogens with one attached hydrogen (secondary N) is 1. The van der Waals surface area contributed by atoms with Crippen molar-refractivity contribution in [3.05, 3.63) is 18.1 Å². The molecule has 2 aromatic heterocycles. The van der Waals surface area contributed by atoms with Crippen LogP contribution in [0.25, 0.3) is 11.4 Å². The van der Waals surface area contributed by atoms with Crippen LogP contribution in [0.15, 0.2) is 21.9 Å². The Morgan fingerprint density at radius 3 is 2.76 bits per heavy atom. The summed E-state index contributed by atoms with van der Waals surface area (Å²) in [5, 5.41) is 10.2. The summed E-state index contributed by atoms with van der Waals surface area (Å²) < 4.78 is 7.00. The van der Waals surface area contributed by atoms with E-state index in [4.69, 9.17) is 10.2 Å². The van der Waals surface area contributed by atoms with Crippen LogP contribution in [0, 0.1) is 6.92 Å². The van der Waals surface area contributed by atoms with E-state index in [1.807, 2.05) is 12.2 Å². The number of hydrogen-bond acceptors (Lipinski definition) is 6. The second-order valence-corrected chi connectivity index (χ2v) is 5.68. The fourth-order valence-electron chi connectivity index (χ4n) is 1.70. The molecule has 2 rings (SSSR count). The van der Waals surface area contributed by atoms with Crippen molar-refractivity contribution in [1.29, 1.82) is 0 Å². The lowest BCUT2D eigenvalue weighted by Crippen LogP contribution is -2.39. The number of imide groups is 1. The largest absolute Gasteiger partial charge is 0.469 e. The van der Waals surface area contributed by atoms with E-state index in [9.17, 15) is 9.59 Å². The minimum atomic E-state index is -0.875. The summed E-state index contributed by atoms with van der Waals surface area (Å²) in [6, 6.07) is 0.928. The Hall–Kier alpha value is -2.29. The van der Waals surface area contributed by atoms with Gasteiger partial charge in [0.1, 0.15) is 5.76 Å². The molecule has 2 aromatic rings. The zero-order chi connectivity index (χ0) is 15.6. The number of carbonyl (C=O) groups excluding carboxylic acids is 2. The van der Waals surface area contributed by atoms with Crippen LogP contribution in [0.3, 0.4) is 0 Å². The first-order chi connectivity index (χ1) is 9.90. The molecule has 0 radical (unpaired) electrons. The second kappa shape index (κ2) is 6.00. The smallest absolute Gasteiger partial charge is 0.318 e. The van der Waals surface area contributed by atoms with E-state index in [0.29, 0.717) is 11.0 Å². The number of aryl methyl sites for hydroxylation is 1. The lowest BCUT2D eigenvalue weighted by Gasteiger charge is -2.09. The van der Waals surface area contributed by atoms with Crippen molar-refractivity contribution >= 4 is 23.7 Å². The first-order valence-electron chi connectivity index (χ1n) is 6.11. The van der Waals surface area contributed by atoms with Crippen LogP contribution in [0.1, 0.15) is 12.7 Å². The molecule has 0 spiro atoms. The first-order valence-corrected chi connectivity index (χ1v) is 6.99. The van der Waals surface area contributed by atoms with Crippen LogP contribution in [0.4, 0.5) is 4.79 Å². The van der Waals surface area contributed by atoms with Crippen LogP contribution in [-0.2, 0) is 11.8 Å². The number of hydrogen-bond donors (Lipinski definition) is 2. The van der Waals surface area contributed by atoms with Crippen LogP contribution < -0.4 is 11.1 Å². The van der Waals surface area contributed by atoms with Crippen LogP contribution in [0.2, 0.25) is 0 Å². The molecular formula is C12H15N5O3S. The van der Waals surface area contributed by atoms with E-state index in [0.717, 1.165) is 11.3 Å². The first kappa shape index (κ1) is 15.1. The van der Waals surface area contributed by atoms with Gasteiger partial charge in [0.05, 0.1) is 17.1 Å². The average Bonchev–Trinajstić information content (AvgIpc) is 2.96. The third-order valence-electron chi connectivity index (χ3n) is 2.83. The Morgan fingerprint density at radius 1 is 1.48 bits per heavy atom. The molecule has 0 aliphatic rings. The fraction of sp³-hybridized carbons (Fsp3) is 0.333. The van der Waals surface area contributed by atoms with E-state index >= 15 is 0 Å². The van der Waals surface area contributed by atoms with Gasteiger partial charge in [0.25, 0.3) is 0 Å². The number of rotatable bonds is 4. The number of nitrogens with two attached hydrogens (primary N) is 1. The third-order valence-corrected chi connectivity index (χ3v) is 3.97. The monoisotopic (exact) mass is 309 g/mol. The predicted octanol–water partition coefficient (Wildman–Crippen LogP) is 1.06. The number of carbonyl (C=O) groups is 2. The number of aromatic nitrogens is 3. The minimum Gasteiger partial charge on any atom is -0.469 e. The third kappa shape index (κ3) is 3.24. The number of urea groups is 1. The average molecular weight is 309 g/mol. The summed E-state index contributed by atoms with van der Waals surface area (Å²) in [7, 11) is 1.79. The highest BCUT2D eigenvalue weighted by Gasteiger charge is 2.21. The number of amides is 3. The molecule has 9 heteroatoms. The minimum absolute atomic E-state index is 0.475. The molecule has 1 unspecified atom stereocenters. The molecule has 0 saturated carbocycles. The Morgan fingerprint density at radius 2 is 2.19 bits per heavy atom. The van der Waals surface area contributed by atoms with E-state index in [1.54, 1.807) is 30.9 Å². The molecule has 0 aromatic carbocycles. The summed E-state index contributed by atoms with van der Waals surface area (Å²) in [6.45, 7) is 3.49. The standard InChI is InChI=1S/C12H15N5O3S/c1-6-8(4-5-20-6)9-15-16-12(17(9)3)21-7(2)10(18)14-11(13)19/h4-5,7H,1-3H3,(H3,13,14,18,19). The highest BCUT2D eigenvalue weighted by molar-refractivity contribution is 8.00. The van der Waals surface area contributed by atoms with Crippen molar-refractivity contribution in [2.75, 3.05) is 0 Å². The van der Waals surface area contributed by atoms with E-state index in [-0.39, 0.29) is 0 Å². The van der Waals surface area contributed by atoms with Gasteiger partial charge in [0.2, 0.25) is 5.91 Å². The Kier molecular flexibility index (Phi) is 4.32. The van der Waals surface area contributed by atoms with Gasteiger partial charge >= 0.3 is 6.03 Å². The SMILES string of the molecule is Cc1occc1-c1nnc(SC(C)C(=O)NC(N)=O)n1C. The Bertz CT molecular complexity index is 678. The topological polar surface area (TPSA) is 116 Å². The molecular weight excluding hydrogens is 294 g/mol. The number of thioether (sulfide) groups is 1. The van der Waals surface area contributed by atoms with Gasteiger partial charge in [-0.3, -0.25) is 10.1 Å². The Balaban J connectivity index is 2.16. The summed E-state index contributed by atoms with van der Waals surface area (Å²) in [5.74, 6) is 0.907. The molecule has 8 nitrogen and oxygen atoms in total. The van der Waals surface area contributed by atoms with Crippen molar-refractivity contribution in [1.82, 2.24) is 20.1 Å². The molecule has 3 amide bonds. The molecule has 2 heterocycles. The van der Waals surface area contributed by atoms with Gasteiger partial charge in [-0.15, -0.1) is 10.2 Å². The molecule has 0 saturated heterocycles. The molecule has 3 N–H and O–H groups in total. The second-order valence-electron chi connectivity index (χ2n) is 4.37. The lowest BCUT2D eigenvalue weighted by molar-refractivity contribution is -0.119. The van der Waals surface area contributed by atoms with Gasteiger partial charge in [-0.05, 0) is 19.9 Å². The van der Waals surface area contributed by atoms with Crippen LogP contribution >= 0.6 is 11.8 Å². The predicted molar refractivity (Wildman–Crippen MR) is 76.5 cm³/mol. The van der Waals surface area contributed by atoms with Gasteiger partial charge < -0.3 is 14.7 Å². The number of nitrogens with zero attached hydrogens (tertiary/aromatic N) is 3. The molecule has 0 aliphatic carbocycles. The van der Waals surface area contributed by atoms with Crippen molar-refractivity contribution in [3.63, 3.8) is 0 Å². The maximum atomic E-state index is 11.7.